The Hall–Kier alpha value is -1.65. The van der Waals surface area contributed by atoms with Gasteiger partial charge in [0.1, 0.15) is 0 Å². The Labute approximate surface area is 167 Å². The lowest BCUT2D eigenvalue weighted by Gasteiger charge is -2.39. The van der Waals surface area contributed by atoms with Crippen LogP contribution in [0.4, 0.5) is 11.4 Å². The third-order valence-corrected chi connectivity index (χ3v) is 7.69. The van der Waals surface area contributed by atoms with Crippen LogP contribution in [0, 0.1) is 6.92 Å². The van der Waals surface area contributed by atoms with Crippen LogP contribution < -0.4 is 9.80 Å². The highest BCUT2D eigenvalue weighted by molar-refractivity contribution is 7.99. The van der Waals surface area contributed by atoms with Crippen LogP contribution in [0.1, 0.15) is 23.1 Å². The Balaban J connectivity index is 1.45. The molecule has 0 saturated carbocycles. The average molecular weight is 380 g/mol. The lowest BCUT2D eigenvalue weighted by molar-refractivity contribution is 0.312. The topological polar surface area (TPSA) is 9.72 Å². The highest BCUT2D eigenvalue weighted by atomic mass is 32.2. The predicted octanol–water partition coefficient (Wildman–Crippen LogP) is 4.17. The number of para-hydroxylation sites is 1. The summed E-state index contributed by atoms with van der Waals surface area (Å²) < 4.78 is 0. The summed E-state index contributed by atoms with van der Waals surface area (Å²) in [6.45, 7) is 6.94. The first-order valence-corrected chi connectivity index (χ1v) is 11.2. The average Bonchev–Trinajstić information content (AvgIpc) is 3.13. The van der Waals surface area contributed by atoms with Crippen LogP contribution in [-0.4, -0.2) is 50.0 Å². The maximum atomic E-state index is 2.67. The van der Waals surface area contributed by atoms with Crippen molar-refractivity contribution in [2.24, 2.45) is 0 Å². The molecule has 0 aromatic heterocycles. The lowest BCUT2D eigenvalue weighted by atomic mass is 9.83. The molecule has 2 aromatic carbocycles. The second kappa shape index (κ2) is 7.06. The van der Waals surface area contributed by atoms with Crippen LogP contribution in [-0.2, 0) is 12.8 Å². The second-order valence-electron chi connectivity index (χ2n) is 8.26. The summed E-state index contributed by atoms with van der Waals surface area (Å²) in [4.78, 5) is 9.19. The van der Waals surface area contributed by atoms with Gasteiger partial charge in [0, 0.05) is 42.8 Å². The molecule has 1 saturated heterocycles. The van der Waals surface area contributed by atoms with Crippen LogP contribution in [0.25, 0.3) is 0 Å². The van der Waals surface area contributed by atoms with E-state index in [1.54, 1.807) is 11.1 Å². The molecule has 0 N–H and O–H groups in total. The molecule has 0 spiro atoms. The Kier molecular flexibility index (Phi) is 4.57. The summed E-state index contributed by atoms with van der Waals surface area (Å²) in [7, 11) is 2.24. The normalized spacial score (nSPS) is 22.7. The van der Waals surface area contributed by atoms with E-state index in [0.29, 0.717) is 6.04 Å². The number of rotatable bonds is 2. The number of likely N-dealkylation sites (N-methyl/N-ethyl adjacent to an activating group) is 1. The fourth-order valence-corrected chi connectivity index (χ4v) is 6.10. The molecule has 27 heavy (non-hydrogen) atoms. The number of piperazine rings is 1. The number of hydrogen-bond donors (Lipinski definition) is 0. The summed E-state index contributed by atoms with van der Waals surface area (Å²) in [5, 5.41) is 0. The van der Waals surface area contributed by atoms with Gasteiger partial charge in [0.25, 0.3) is 0 Å². The van der Waals surface area contributed by atoms with Crippen LogP contribution in [0.2, 0.25) is 0 Å². The molecule has 4 heteroatoms. The first-order chi connectivity index (χ1) is 13.2. The highest BCUT2D eigenvalue weighted by Gasteiger charge is 2.32. The van der Waals surface area contributed by atoms with Gasteiger partial charge >= 0.3 is 0 Å². The molecule has 1 atom stereocenters. The first kappa shape index (κ1) is 17.4. The number of benzene rings is 2. The van der Waals surface area contributed by atoms with Gasteiger partial charge in [0.15, 0.2) is 0 Å². The Bertz CT molecular complexity index is 842. The van der Waals surface area contributed by atoms with Gasteiger partial charge in [-0.05, 0) is 68.1 Å². The van der Waals surface area contributed by atoms with Gasteiger partial charge in [-0.2, -0.15) is 0 Å². The molecule has 2 heterocycles. The molecule has 1 aliphatic carbocycles. The molecular formula is C23H29N3S. The molecule has 3 aliphatic rings. The minimum absolute atomic E-state index is 0.627. The van der Waals surface area contributed by atoms with E-state index >= 15 is 0 Å². The molecular weight excluding hydrogens is 350 g/mol. The van der Waals surface area contributed by atoms with Crippen molar-refractivity contribution in [2.75, 3.05) is 48.9 Å². The van der Waals surface area contributed by atoms with Gasteiger partial charge in [0.05, 0.1) is 11.6 Å². The van der Waals surface area contributed by atoms with Crippen LogP contribution in [0.3, 0.4) is 0 Å². The Morgan fingerprint density at radius 3 is 2.59 bits per heavy atom. The third-order valence-electron chi connectivity index (χ3n) is 6.63. The van der Waals surface area contributed by atoms with E-state index in [-0.39, 0.29) is 0 Å². The van der Waals surface area contributed by atoms with Crippen molar-refractivity contribution in [1.82, 2.24) is 4.90 Å². The summed E-state index contributed by atoms with van der Waals surface area (Å²) in [6, 6.07) is 14.3. The molecule has 0 radical (unpaired) electrons. The third kappa shape index (κ3) is 3.13. The Morgan fingerprint density at radius 2 is 1.74 bits per heavy atom. The first-order valence-electron chi connectivity index (χ1n) is 10.2. The van der Waals surface area contributed by atoms with Gasteiger partial charge in [-0.1, -0.05) is 18.2 Å². The molecule has 3 nitrogen and oxygen atoms in total. The molecule has 0 amide bonds. The number of thioether (sulfide) groups is 1. The Morgan fingerprint density at radius 1 is 0.926 bits per heavy atom. The highest BCUT2D eigenvalue weighted by Crippen LogP contribution is 2.43. The quantitative estimate of drug-likeness (QED) is 0.774. The zero-order valence-electron chi connectivity index (χ0n) is 16.4. The van der Waals surface area contributed by atoms with Crippen molar-refractivity contribution in [1.29, 1.82) is 0 Å². The van der Waals surface area contributed by atoms with Crippen molar-refractivity contribution in [3.8, 4) is 0 Å². The molecule has 0 bridgehead atoms. The maximum absolute atomic E-state index is 2.67. The van der Waals surface area contributed by atoms with Crippen LogP contribution in [0.15, 0.2) is 41.3 Å². The van der Waals surface area contributed by atoms with Gasteiger partial charge in [-0.3, -0.25) is 0 Å². The maximum Gasteiger partial charge on any atom is 0.0690 e. The number of fused-ring (bicyclic) bond motifs is 2. The van der Waals surface area contributed by atoms with Crippen LogP contribution >= 0.6 is 11.8 Å². The molecule has 5 rings (SSSR count). The van der Waals surface area contributed by atoms with Crippen molar-refractivity contribution in [3.05, 3.63) is 53.1 Å². The molecule has 0 unspecified atom stereocenters. The standard InChI is InChI=1S/C23H29N3S/c1-17-7-10-21(25-13-11-24(2)12-14-25)20-15-18(8-9-19(17)20)26-16-27-23-6-4-3-5-22(23)26/h3-7,10,18H,8-9,11-16H2,1-2H3/t18-/m1/s1. The fourth-order valence-electron chi connectivity index (χ4n) is 4.96. The SMILES string of the molecule is Cc1ccc(N2CCN(C)CC2)c2c1CC[C@@H](N1CSc3ccccc31)C2. The second-order valence-corrected chi connectivity index (χ2v) is 9.24. The van der Waals surface area contributed by atoms with E-state index in [4.69, 9.17) is 0 Å². The monoisotopic (exact) mass is 379 g/mol. The number of hydrogen-bond acceptors (Lipinski definition) is 4. The van der Waals surface area contributed by atoms with Gasteiger partial charge in [-0.25, -0.2) is 0 Å². The zero-order valence-corrected chi connectivity index (χ0v) is 17.3. The van der Waals surface area contributed by atoms with E-state index in [1.807, 2.05) is 11.8 Å². The smallest absolute Gasteiger partial charge is 0.0690 e. The van der Waals surface area contributed by atoms with E-state index in [1.165, 1.54) is 54.2 Å². The van der Waals surface area contributed by atoms with Crippen molar-refractivity contribution in [2.45, 2.75) is 37.1 Å². The van der Waals surface area contributed by atoms with Crippen molar-refractivity contribution in [3.63, 3.8) is 0 Å². The fraction of sp³-hybridized carbons (Fsp3) is 0.478. The molecule has 2 aromatic rings. The summed E-state index contributed by atoms with van der Waals surface area (Å²) in [5.41, 5.74) is 7.70. The number of aryl methyl sites for hydroxylation is 1. The predicted molar refractivity (Wildman–Crippen MR) is 116 cm³/mol. The van der Waals surface area contributed by atoms with E-state index in [0.717, 1.165) is 19.0 Å². The van der Waals surface area contributed by atoms with Crippen molar-refractivity contribution < 1.29 is 0 Å². The van der Waals surface area contributed by atoms with Gasteiger partial charge < -0.3 is 14.7 Å². The molecule has 142 valence electrons. The molecule has 2 aliphatic heterocycles. The summed E-state index contributed by atoms with van der Waals surface area (Å²) in [6.07, 6.45) is 3.68. The molecule has 1 fully saturated rings. The minimum Gasteiger partial charge on any atom is -0.369 e. The number of anilines is 2. The van der Waals surface area contributed by atoms with Crippen LogP contribution in [0.5, 0.6) is 0 Å². The summed E-state index contributed by atoms with van der Waals surface area (Å²) >= 11 is 2.00. The largest absolute Gasteiger partial charge is 0.369 e. The van der Waals surface area contributed by atoms with E-state index < -0.39 is 0 Å². The van der Waals surface area contributed by atoms with Crippen molar-refractivity contribution >= 4 is 23.1 Å². The van der Waals surface area contributed by atoms with Gasteiger partial charge in [-0.15, -0.1) is 11.8 Å². The zero-order chi connectivity index (χ0) is 18.4. The van der Waals surface area contributed by atoms with Gasteiger partial charge in [0.2, 0.25) is 0 Å². The number of nitrogens with zero attached hydrogens (tertiary/aromatic N) is 3. The minimum atomic E-state index is 0.627. The lowest BCUT2D eigenvalue weighted by Crippen LogP contribution is -2.45. The van der Waals surface area contributed by atoms with E-state index in [2.05, 4.69) is 65.1 Å². The summed E-state index contributed by atoms with van der Waals surface area (Å²) in [5.74, 6) is 1.11. The van der Waals surface area contributed by atoms with E-state index in [9.17, 15) is 0 Å².